The van der Waals surface area contributed by atoms with E-state index in [0.29, 0.717) is 41.7 Å². The van der Waals surface area contributed by atoms with Gasteiger partial charge in [0.1, 0.15) is 5.76 Å². The first-order chi connectivity index (χ1) is 13.2. The van der Waals surface area contributed by atoms with E-state index in [4.69, 9.17) is 18.6 Å². The molecule has 142 valence electrons. The van der Waals surface area contributed by atoms with Crippen molar-refractivity contribution in [1.29, 1.82) is 0 Å². The van der Waals surface area contributed by atoms with Crippen LogP contribution in [0.2, 0.25) is 0 Å². The Bertz CT molecular complexity index is 813. The average molecular weight is 387 g/mol. The van der Waals surface area contributed by atoms with Gasteiger partial charge in [-0.2, -0.15) is 11.3 Å². The number of methoxy groups -OCH3 is 3. The minimum absolute atomic E-state index is 0.156. The first kappa shape index (κ1) is 18.8. The van der Waals surface area contributed by atoms with Crippen molar-refractivity contribution in [2.75, 3.05) is 21.3 Å². The third kappa shape index (κ3) is 4.25. The first-order valence-corrected chi connectivity index (χ1v) is 9.23. The van der Waals surface area contributed by atoms with Crippen LogP contribution in [0.4, 0.5) is 0 Å². The number of furan rings is 1. The van der Waals surface area contributed by atoms with Crippen molar-refractivity contribution in [1.82, 2.24) is 4.90 Å². The largest absolute Gasteiger partial charge is 0.493 e. The van der Waals surface area contributed by atoms with E-state index in [0.717, 1.165) is 5.56 Å². The quantitative estimate of drug-likeness (QED) is 0.579. The Kier molecular flexibility index (Phi) is 6.03. The van der Waals surface area contributed by atoms with E-state index in [1.54, 1.807) is 34.6 Å². The molecule has 0 N–H and O–H groups in total. The molecule has 2 aromatic heterocycles. The second-order valence-corrected chi connectivity index (χ2v) is 6.57. The topological polar surface area (TPSA) is 61.1 Å². The molecule has 27 heavy (non-hydrogen) atoms. The number of thiophene rings is 1. The van der Waals surface area contributed by atoms with E-state index < -0.39 is 0 Å². The van der Waals surface area contributed by atoms with Gasteiger partial charge in [0.15, 0.2) is 11.5 Å². The molecule has 1 aromatic carbocycles. The number of hydrogen-bond acceptors (Lipinski definition) is 6. The summed E-state index contributed by atoms with van der Waals surface area (Å²) in [7, 11) is 4.58. The monoisotopic (exact) mass is 387 g/mol. The van der Waals surface area contributed by atoms with Crippen LogP contribution in [0.25, 0.3) is 0 Å². The van der Waals surface area contributed by atoms with Crippen LogP contribution in [-0.4, -0.2) is 32.1 Å². The summed E-state index contributed by atoms with van der Waals surface area (Å²) in [5.41, 5.74) is 1.51. The molecular formula is C20H21NO5S. The number of hydrogen-bond donors (Lipinski definition) is 0. The highest BCUT2D eigenvalue weighted by atomic mass is 32.1. The predicted molar refractivity (Wildman–Crippen MR) is 103 cm³/mol. The molecule has 2 heterocycles. The van der Waals surface area contributed by atoms with Crippen LogP contribution in [0, 0.1) is 0 Å². The van der Waals surface area contributed by atoms with Gasteiger partial charge < -0.3 is 23.5 Å². The molecule has 0 unspecified atom stereocenters. The number of amides is 1. The number of carbonyl (C=O) groups excluding carboxylic acids is 1. The molecule has 3 aromatic rings. The SMILES string of the molecule is COc1cc(C(=O)N(Cc2ccsc2)Cc2ccco2)cc(OC)c1OC. The average Bonchev–Trinajstić information content (AvgIpc) is 3.39. The molecular weight excluding hydrogens is 366 g/mol. The molecule has 0 aliphatic heterocycles. The molecule has 0 atom stereocenters. The van der Waals surface area contributed by atoms with Crippen molar-refractivity contribution in [3.8, 4) is 17.2 Å². The summed E-state index contributed by atoms with van der Waals surface area (Å²) in [5, 5.41) is 4.02. The molecule has 7 heteroatoms. The molecule has 0 spiro atoms. The fourth-order valence-corrected chi connectivity index (χ4v) is 3.44. The molecule has 6 nitrogen and oxygen atoms in total. The summed E-state index contributed by atoms with van der Waals surface area (Å²) in [6.45, 7) is 0.831. The summed E-state index contributed by atoms with van der Waals surface area (Å²) in [4.78, 5) is 15.0. The van der Waals surface area contributed by atoms with Crippen molar-refractivity contribution >= 4 is 17.2 Å². The van der Waals surface area contributed by atoms with Gasteiger partial charge >= 0.3 is 0 Å². The lowest BCUT2D eigenvalue weighted by Gasteiger charge is -2.22. The van der Waals surface area contributed by atoms with Gasteiger partial charge in [0.05, 0.1) is 34.1 Å². The Morgan fingerprint density at radius 3 is 2.33 bits per heavy atom. The van der Waals surface area contributed by atoms with Crippen molar-refractivity contribution in [3.63, 3.8) is 0 Å². The maximum atomic E-state index is 13.3. The highest BCUT2D eigenvalue weighted by Gasteiger charge is 2.22. The number of ether oxygens (including phenoxy) is 3. The standard InChI is InChI=1S/C20H21NO5S/c1-23-17-9-15(10-18(24-2)19(17)25-3)20(22)21(11-14-6-8-27-13-14)12-16-5-4-7-26-16/h4-10,13H,11-12H2,1-3H3. The molecule has 0 aliphatic carbocycles. The van der Waals surface area contributed by atoms with E-state index in [9.17, 15) is 4.79 Å². The van der Waals surface area contributed by atoms with E-state index in [-0.39, 0.29) is 5.91 Å². The zero-order valence-electron chi connectivity index (χ0n) is 15.4. The summed E-state index contributed by atoms with van der Waals surface area (Å²) >= 11 is 1.60. The Morgan fingerprint density at radius 1 is 1.07 bits per heavy atom. The Labute approximate surface area is 161 Å². The lowest BCUT2D eigenvalue weighted by Crippen LogP contribution is -2.30. The van der Waals surface area contributed by atoms with Crippen LogP contribution in [0.15, 0.2) is 51.8 Å². The Hall–Kier alpha value is -2.93. The third-order valence-electron chi connectivity index (χ3n) is 4.08. The fraction of sp³-hybridized carbons (Fsp3) is 0.250. The Morgan fingerprint density at radius 2 is 1.81 bits per heavy atom. The van der Waals surface area contributed by atoms with Gasteiger partial charge in [-0.15, -0.1) is 0 Å². The minimum atomic E-state index is -0.156. The van der Waals surface area contributed by atoms with Gasteiger partial charge in [-0.25, -0.2) is 0 Å². The minimum Gasteiger partial charge on any atom is -0.493 e. The molecule has 0 saturated carbocycles. The van der Waals surface area contributed by atoms with Gasteiger partial charge in [0.2, 0.25) is 5.75 Å². The molecule has 0 aliphatic rings. The summed E-state index contributed by atoms with van der Waals surface area (Å²) in [6.07, 6.45) is 1.60. The molecule has 0 saturated heterocycles. The van der Waals surface area contributed by atoms with Crippen molar-refractivity contribution in [2.45, 2.75) is 13.1 Å². The van der Waals surface area contributed by atoms with Gasteiger partial charge in [0.25, 0.3) is 5.91 Å². The zero-order valence-corrected chi connectivity index (χ0v) is 16.2. The van der Waals surface area contributed by atoms with Crippen LogP contribution < -0.4 is 14.2 Å². The number of nitrogens with zero attached hydrogens (tertiary/aromatic N) is 1. The van der Waals surface area contributed by atoms with E-state index >= 15 is 0 Å². The zero-order chi connectivity index (χ0) is 19.2. The maximum absolute atomic E-state index is 13.3. The maximum Gasteiger partial charge on any atom is 0.254 e. The van der Waals surface area contributed by atoms with Gasteiger partial charge in [0, 0.05) is 12.1 Å². The first-order valence-electron chi connectivity index (χ1n) is 8.29. The highest BCUT2D eigenvalue weighted by molar-refractivity contribution is 7.07. The smallest absolute Gasteiger partial charge is 0.254 e. The van der Waals surface area contributed by atoms with Crippen molar-refractivity contribution in [3.05, 3.63) is 64.2 Å². The summed E-state index contributed by atoms with van der Waals surface area (Å²) in [5.74, 6) is 1.89. The second kappa shape index (κ2) is 8.64. The van der Waals surface area contributed by atoms with E-state index in [2.05, 4.69) is 0 Å². The summed E-state index contributed by atoms with van der Waals surface area (Å²) < 4.78 is 21.5. The van der Waals surface area contributed by atoms with Crippen molar-refractivity contribution in [2.24, 2.45) is 0 Å². The number of benzene rings is 1. The molecule has 1 amide bonds. The van der Waals surface area contributed by atoms with E-state index in [1.165, 1.54) is 21.3 Å². The number of rotatable bonds is 8. The van der Waals surface area contributed by atoms with Crippen LogP contribution in [-0.2, 0) is 13.1 Å². The Balaban J connectivity index is 1.95. The molecule has 0 fully saturated rings. The normalized spacial score (nSPS) is 10.5. The van der Waals surface area contributed by atoms with Gasteiger partial charge in [-0.3, -0.25) is 4.79 Å². The van der Waals surface area contributed by atoms with Crippen LogP contribution in [0.3, 0.4) is 0 Å². The molecule has 3 rings (SSSR count). The van der Waals surface area contributed by atoms with Crippen molar-refractivity contribution < 1.29 is 23.4 Å². The van der Waals surface area contributed by atoms with Gasteiger partial charge in [-0.05, 0) is 46.7 Å². The molecule has 0 radical (unpaired) electrons. The van der Waals surface area contributed by atoms with Crippen LogP contribution in [0.5, 0.6) is 17.2 Å². The van der Waals surface area contributed by atoms with Crippen LogP contribution in [0.1, 0.15) is 21.7 Å². The second-order valence-electron chi connectivity index (χ2n) is 5.79. The summed E-state index contributed by atoms with van der Waals surface area (Å²) in [6, 6.07) is 8.98. The lowest BCUT2D eigenvalue weighted by molar-refractivity contribution is 0.0717. The fourth-order valence-electron chi connectivity index (χ4n) is 2.78. The predicted octanol–water partition coefficient (Wildman–Crippen LogP) is 4.21. The number of carbonyl (C=O) groups is 1. The van der Waals surface area contributed by atoms with Gasteiger partial charge in [-0.1, -0.05) is 0 Å². The molecule has 0 bridgehead atoms. The third-order valence-corrected chi connectivity index (χ3v) is 4.81. The van der Waals surface area contributed by atoms with E-state index in [1.807, 2.05) is 29.0 Å². The lowest BCUT2D eigenvalue weighted by atomic mass is 10.1. The highest BCUT2D eigenvalue weighted by Crippen LogP contribution is 2.38. The van der Waals surface area contributed by atoms with Crippen LogP contribution >= 0.6 is 11.3 Å².